The first kappa shape index (κ1) is 15.9. The number of sulfonamides is 1. The third-order valence-corrected chi connectivity index (χ3v) is 5.20. The standard InChI is InChI=1S/C11H20N2O5S/c1-3-19(17,18)13-6-4-9(5-7-13)12-10(14)8(2)11(15)16/h8-9H,3-7H2,1-2H3,(H,12,14)(H,15,16). The Bertz CT molecular complexity index is 440. The fraction of sp³-hybridized carbons (Fsp3) is 0.818. The van der Waals surface area contributed by atoms with Crippen molar-refractivity contribution in [3.63, 3.8) is 0 Å². The zero-order chi connectivity index (χ0) is 14.6. The van der Waals surface area contributed by atoms with Crippen molar-refractivity contribution in [3.8, 4) is 0 Å². The van der Waals surface area contributed by atoms with Crippen LogP contribution in [0, 0.1) is 5.92 Å². The van der Waals surface area contributed by atoms with Gasteiger partial charge in [0, 0.05) is 19.1 Å². The van der Waals surface area contributed by atoms with Crippen molar-refractivity contribution >= 4 is 21.9 Å². The molecule has 2 N–H and O–H groups in total. The average Bonchev–Trinajstić information content (AvgIpc) is 2.38. The fourth-order valence-electron chi connectivity index (χ4n) is 1.90. The Balaban J connectivity index is 2.47. The molecule has 0 aromatic carbocycles. The lowest BCUT2D eigenvalue weighted by molar-refractivity contribution is -0.146. The van der Waals surface area contributed by atoms with Crippen LogP contribution >= 0.6 is 0 Å². The number of aliphatic carboxylic acids is 1. The van der Waals surface area contributed by atoms with Gasteiger partial charge in [-0.3, -0.25) is 9.59 Å². The molecule has 0 saturated carbocycles. The Labute approximate surface area is 113 Å². The Morgan fingerprint density at radius 1 is 1.37 bits per heavy atom. The number of hydrogen-bond donors (Lipinski definition) is 2. The monoisotopic (exact) mass is 292 g/mol. The molecule has 0 spiro atoms. The van der Waals surface area contributed by atoms with Gasteiger partial charge in [0.2, 0.25) is 15.9 Å². The van der Waals surface area contributed by atoms with E-state index in [1.165, 1.54) is 11.2 Å². The van der Waals surface area contributed by atoms with E-state index < -0.39 is 27.8 Å². The first-order chi connectivity index (χ1) is 8.77. The van der Waals surface area contributed by atoms with Crippen LogP contribution in [0.3, 0.4) is 0 Å². The van der Waals surface area contributed by atoms with Crippen LogP contribution in [0.5, 0.6) is 0 Å². The molecule has 110 valence electrons. The SMILES string of the molecule is CCS(=O)(=O)N1CCC(NC(=O)C(C)C(=O)O)CC1. The molecule has 19 heavy (non-hydrogen) atoms. The number of carboxylic acids is 1. The maximum Gasteiger partial charge on any atom is 0.315 e. The topological polar surface area (TPSA) is 104 Å². The first-order valence-electron chi connectivity index (χ1n) is 6.29. The van der Waals surface area contributed by atoms with E-state index in [2.05, 4.69) is 5.32 Å². The van der Waals surface area contributed by atoms with Gasteiger partial charge in [0.05, 0.1) is 5.75 Å². The predicted octanol–water partition coefficient (Wildman–Crippen LogP) is -0.363. The highest BCUT2D eigenvalue weighted by molar-refractivity contribution is 7.89. The van der Waals surface area contributed by atoms with Crippen LogP contribution in [-0.4, -0.2) is 54.6 Å². The summed E-state index contributed by atoms with van der Waals surface area (Å²) in [6.45, 7) is 3.65. The van der Waals surface area contributed by atoms with Crippen molar-refractivity contribution in [1.29, 1.82) is 0 Å². The summed E-state index contributed by atoms with van der Waals surface area (Å²) in [7, 11) is -3.18. The summed E-state index contributed by atoms with van der Waals surface area (Å²) in [5, 5.41) is 11.4. The molecule has 1 unspecified atom stereocenters. The molecule has 1 atom stereocenters. The molecule has 1 aliphatic heterocycles. The highest BCUT2D eigenvalue weighted by Crippen LogP contribution is 2.14. The van der Waals surface area contributed by atoms with E-state index in [0.717, 1.165) is 0 Å². The van der Waals surface area contributed by atoms with E-state index in [0.29, 0.717) is 25.9 Å². The van der Waals surface area contributed by atoms with Gasteiger partial charge in [0.1, 0.15) is 5.92 Å². The van der Waals surface area contributed by atoms with Crippen LogP contribution in [0.1, 0.15) is 26.7 Å². The minimum Gasteiger partial charge on any atom is -0.481 e. The Morgan fingerprint density at radius 3 is 2.32 bits per heavy atom. The smallest absolute Gasteiger partial charge is 0.315 e. The van der Waals surface area contributed by atoms with E-state index in [-0.39, 0.29) is 11.8 Å². The lowest BCUT2D eigenvalue weighted by Crippen LogP contribution is -2.48. The van der Waals surface area contributed by atoms with Gasteiger partial charge in [-0.15, -0.1) is 0 Å². The summed E-state index contributed by atoms with van der Waals surface area (Å²) in [6.07, 6.45) is 1.02. The number of piperidine rings is 1. The number of carboxylic acid groups (broad SMARTS) is 1. The molecule has 1 fully saturated rings. The lowest BCUT2D eigenvalue weighted by atomic mass is 10.1. The van der Waals surface area contributed by atoms with Crippen LogP contribution in [0.4, 0.5) is 0 Å². The van der Waals surface area contributed by atoms with E-state index in [1.807, 2.05) is 0 Å². The number of carbonyl (C=O) groups excluding carboxylic acids is 1. The van der Waals surface area contributed by atoms with Gasteiger partial charge in [0.25, 0.3) is 0 Å². The molecule has 1 rings (SSSR count). The van der Waals surface area contributed by atoms with Crippen LogP contribution in [0.2, 0.25) is 0 Å². The third kappa shape index (κ3) is 4.17. The van der Waals surface area contributed by atoms with Crippen LogP contribution < -0.4 is 5.32 Å². The van der Waals surface area contributed by atoms with E-state index in [9.17, 15) is 18.0 Å². The van der Waals surface area contributed by atoms with Crippen molar-refractivity contribution in [3.05, 3.63) is 0 Å². The largest absolute Gasteiger partial charge is 0.481 e. The van der Waals surface area contributed by atoms with Crippen molar-refractivity contribution in [2.24, 2.45) is 5.92 Å². The van der Waals surface area contributed by atoms with Crippen molar-refractivity contribution in [2.75, 3.05) is 18.8 Å². The third-order valence-electron chi connectivity index (χ3n) is 3.32. The maximum absolute atomic E-state index is 11.6. The summed E-state index contributed by atoms with van der Waals surface area (Å²) in [6, 6.07) is -0.155. The molecular formula is C11H20N2O5S. The summed E-state index contributed by atoms with van der Waals surface area (Å²) in [5.74, 6) is -2.70. The highest BCUT2D eigenvalue weighted by Gasteiger charge is 2.29. The molecule has 0 radical (unpaired) electrons. The number of carbonyl (C=O) groups is 2. The van der Waals surface area contributed by atoms with Gasteiger partial charge in [-0.05, 0) is 26.7 Å². The lowest BCUT2D eigenvalue weighted by Gasteiger charge is -2.31. The molecule has 1 amide bonds. The normalized spacial score (nSPS) is 19.9. The summed E-state index contributed by atoms with van der Waals surface area (Å²) in [5.41, 5.74) is 0. The van der Waals surface area contributed by atoms with Crippen LogP contribution in [0.15, 0.2) is 0 Å². The van der Waals surface area contributed by atoms with E-state index in [1.54, 1.807) is 6.92 Å². The van der Waals surface area contributed by atoms with Crippen LogP contribution in [-0.2, 0) is 19.6 Å². The first-order valence-corrected chi connectivity index (χ1v) is 7.90. The molecule has 0 bridgehead atoms. The number of hydrogen-bond acceptors (Lipinski definition) is 4. The second-order valence-electron chi connectivity index (χ2n) is 4.64. The van der Waals surface area contributed by atoms with E-state index in [4.69, 9.17) is 5.11 Å². The summed E-state index contributed by atoms with van der Waals surface area (Å²) in [4.78, 5) is 22.2. The number of rotatable bonds is 5. The molecule has 1 heterocycles. The quantitative estimate of drug-likeness (QED) is 0.673. The van der Waals surface area contributed by atoms with Crippen molar-refractivity contribution in [1.82, 2.24) is 9.62 Å². The van der Waals surface area contributed by atoms with Crippen molar-refractivity contribution in [2.45, 2.75) is 32.7 Å². The molecule has 1 saturated heterocycles. The summed E-state index contributed by atoms with van der Waals surface area (Å²) < 4.78 is 24.7. The molecule has 8 heteroatoms. The van der Waals surface area contributed by atoms with Gasteiger partial charge in [-0.25, -0.2) is 12.7 Å². The zero-order valence-electron chi connectivity index (χ0n) is 11.1. The van der Waals surface area contributed by atoms with Gasteiger partial charge >= 0.3 is 5.97 Å². The Hall–Kier alpha value is -1.15. The molecule has 1 aliphatic rings. The van der Waals surface area contributed by atoms with Gasteiger partial charge in [0.15, 0.2) is 0 Å². The molecule has 0 aliphatic carbocycles. The second-order valence-corrected chi connectivity index (χ2v) is 6.90. The average molecular weight is 292 g/mol. The predicted molar refractivity (Wildman–Crippen MR) is 69.0 cm³/mol. The Morgan fingerprint density at radius 2 is 1.89 bits per heavy atom. The number of nitrogens with one attached hydrogen (secondary N) is 1. The molecule has 7 nitrogen and oxygen atoms in total. The van der Waals surface area contributed by atoms with Crippen molar-refractivity contribution < 1.29 is 23.1 Å². The summed E-state index contributed by atoms with van der Waals surface area (Å²) >= 11 is 0. The number of nitrogens with zero attached hydrogens (tertiary/aromatic N) is 1. The zero-order valence-corrected chi connectivity index (χ0v) is 11.9. The fourth-order valence-corrected chi connectivity index (χ4v) is 3.03. The van der Waals surface area contributed by atoms with Gasteiger partial charge < -0.3 is 10.4 Å². The van der Waals surface area contributed by atoms with E-state index >= 15 is 0 Å². The Kier molecular flexibility index (Phi) is 5.30. The second kappa shape index (κ2) is 6.33. The maximum atomic E-state index is 11.6. The molecule has 0 aromatic heterocycles. The minimum atomic E-state index is -3.18. The minimum absolute atomic E-state index is 0.0695. The van der Waals surface area contributed by atoms with Gasteiger partial charge in [-0.1, -0.05) is 0 Å². The number of amides is 1. The molecule has 0 aromatic rings. The highest BCUT2D eigenvalue weighted by atomic mass is 32.2. The molecular weight excluding hydrogens is 272 g/mol. The van der Waals surface area contributed by atoms with Crippen LogP contribution in [0.25, 0.3) is 0 Å². The van der Waals surface area contributed by atoms with Gasteiger partial charge in [-0.2, -0.15) is 0 Å².